The summed E-state index contributed by atoms with van der Waals surface area (Å²) in [6.07, 6.45) is 1.24. The fourth-order valence-corrected chi connectivity index (χ4v) is 2.60. The van der Waals surface area contributed by atoms with E-state index >= 15 is 0 Å². The topological polar surface area (TPSA) is 126 Å². The van der Waals surface area contributed by atoms with Gasteiger partial charge in [0.1, 0.15) is 11.2 Å². The van der Waals surface area contributed by atoms with Gasteiger partial charge in [-0.1, -0.05) is 11.6 Å². The highest BCUT2D eigenvalue weighted by molar-refractivity contribution is 7.99. The number of ether oxygens (including phenoxy) is 1. The lowest BCUT2D eigenvalue weighted by Crippen LogP contribution is -2.08. The standard InChI is InChI=1S/C10H8ClN5O4S/c1-20-9(17)5-2-6(11)8(7(3-5)16(18)19)21-10-14-13-4-15(10)12/h2-4H,12H2,1H3. The van der Waals surface area contributed by atoms with E-state index in [1.807, 2.05) is 0 Å². The molecule has 0 fully saturated rings. The second kappa shape index (κ2) is 5.97. The van der Waals surface area contributed by atoms with Crippen molar-refractivity contribution in [3.05, 3.63) is 39.2 Å². The summed E-state index contributed by atoms with van der Waals surface area (Å²) in [5.41, 5.74) is -0.372. The van der Waals surface area contributed by atoms with Crippen LogP contribution in [0.15, 0.2) is 28.5 Å². The summed E-state index contributed by atoms with van der Waals surface area (Å²) >= 11 is 6.89. The number of nitro groups is 1. The number of halogens is 1. The van der Waals surface area contributed by atoms with Gasteiger partial charge in [-0.3, -0.25) is 10.1 Å². The van der Waals surface area contributed by atoms with Crippen molar-refractivity contribution < 1.29 is 14.5 Å². The largest absolute Gasteiger partial charge is 0.465 e. The molecule has 0 amide bonds. The molecule has 0 radical (unpaired) electrons. The number of aromatic nitrogens is 3. The van der Waals surface area contributed by atoms with Crippen molar-refractivity contribution in [2.24, 2.45) is 0 Å². The number of carbonyl (C=O) groups is 1. The molecule has 1 heterocycles. The van der Waals surface area contributed by atoms with Gasteiger partial charge in [0.05, 0.1) is 22.6 Å². The van der Waals surface area contributed by atoms with Crippen LogP contribution in [-0.4, -0.2) is 32.9 Å². The van der Waals surface area contributed by atoms with Gasteiger partial charge in [0.2, 0.25) is 5.16 Å². The first-order chi connectivity index (χ1) is 9.93. The average molecular weight is 330 g/mol. The Kier molecular flexibility index (Phi) is 4.29. The molecule has 11 heteroatoms. The Morgan fingerprint density at radius 1 is 1.57 bits per heavy atom. The van der Waals surface area contributed by atoms with Crippen molar-refractivity contribution >= 4 is 35.0 Å². The van der Waals surface area contributed by atoms with Gasteiger partial charge in [-0.2, -0.15) is 0 Å². The van der Waals surface area contributed by atoms with Gasteiger partial charge in [-0.05, 0) is 17.8 Å². The zero-order valence-corrected chi connectivity index (χ0v) is 12.1. The highest BCUT2D eigenvalue weighted by Crippen LogP contribution is 2.39. The Balaban J connectivity index is 2.52. The monoisotopic (exact) mass is 329 g/mol. The molecular weight excluding hydrogens is 322 g/mol. The molecular formula is C10H8ClN5O4S. The molecule has 0 saturated heterocycles. The molecule has 21 heavy (non-hydrogen) atoms. The number of nitrogens with zero attached hydrogens (tertiary/aromatic N) is 4. The van der Waals surface area contributed by atoms with E-state index in [0.29, 0.717) is 0 Å². The molecule has 0 spiro atoms. The minimum atomic E-state index is -0.724. The van der Waals surface area contributed by atoms with Crippen LogP contribution in [0.2, 0.25) is 5.02 Å². The molecule has 0 aliphatic rings. The SMILES string of the molecule is COC(=O)c1cc(Cl)c(Sc2nncn2N)c([N+](=O)[O-])c1. The van der Waals surface area contributed by atoms with E-state index in [9.17, 15) is 14.9 Å². The fourth-order valence-electron chi connectivity index (χ4n) is 1.45. The van der Waals surface area contributed by atoms with Crippen molar-refractivity contribution in [3.8, 4) is 0 Å². The van der Waals surface area contributed by atoms with Crippen LogP contribution >= 0.6 is 23.4 Å². The lowest BCUT2D eigenvalue weighted by molar-refractivity contribution is -0.387. The number of nitro benzene ring substituents is 1. The van der Waals surface area contributed by atoms with Crippen LogP contribution in [0.5, 0.6) is 0 Å². The fraction of sp³-hybridized carbons (Fsp3) is 0.100. The first-order valence-electron chi connectivity index (χ1n) is 5.33. The normalized spacial score (nSPS) is 10.4. The third-order valence-corrected chi connectivity index (χ3v) is 3.89. The Morgan fingerprint density at radius 3 is 2.81 bits per heavy atom. The van der Waals surface area contributed by atoms with Gasteiger partial charge < -0.3 is 10.6 Å². The number of nitrogen functional groups attached to an aromatic ring is 1. The Hall–Kier alpha value is -2.33. The zero-order chi connectivity index (χ0) is 15.6. The number of nitrogens with two attached hydrogens (primary N) is 1. The third kappa shape index (κ3) is 3.06. The molecule has 0 saturated carbocycles. The number of esters is 1. The Morgan fingerprint density at radius 2 is 2.29 bits per heavy atom. The summed E-state index contributed by atoms with van der Waals surface area (Å²) in [6, 6.07) is 2.36. The summed E-state index contributed by atoms with van der Waals surface area (Å²) in [5.74, 6) is 4.82. The van der Waals surface area contributed by atoms with Crippen LogP contribution < -0.4 is 5.84 Å². The highest BCUT2D eigenvalue weighted by Gasteiger charge is 2.24. The van der Waals surface area contributed by atoms with Crippen LogP contribution in [-0.2, 0) is 4.74 Å². The Labute approximate surface area is 127 Å². The maximum Gasteiger partial charge on any atom is 0.338 e. The maximum absolute atomic E-state index is 11.5. The van der Waals surface area contributed by atoms with Crippen molar-refractivity contribution in [2.45, 2.75) is 10.1 Å². The van der Waals surface area contributed by atoms with Crippen molar-refractivity contribution in [1.82, 2.24) is 14.9 Å². The number of benzene rings is 1. The quantitative estimate of drug-likeness (QED) is 0.387. The van der Waals surface area contributed by atoms with E-state index in [1.165, 1.54) is 19.5 Å². The third-order valence-electron chi connectivity index (χ3n) is 2.38. The minimum absolute atomic E-state index is 0.0117. The number of rotatable bonds is 4. The number of carbonyl (C=O) groups excluding carboxylic acids is 1. The molecule has 0 atom stereocenters. The van der Waals surface area contributed by atoms with Crippen LogP contribution in [0.4, 0.5) is 5.69 Å². The van der Waals surface area contributed by atoms with Crippen molar-refractivity contribution in [3.63, 3.8) is 0 Å². The first-order valence-corrected chi connectivity index (χ1v) is 6.52. The molecule has 110 valence electrons. The van der Waals surface area contributed by atoms with Crippen LogP contribution in [0.25, 0.3) is 0 Å². The zero-order valence-electron chi connectivity index (χ0n) is 10.5. The van der Waals surface area contributed by atoms with Gasteiger partial charge in [0.25, 0.3) is 5.69 Å². The van der Waals surface area contributed by atoms with Crippen molar-refractivity contribution in [2.75, 3.05) is 13.0 Å². The average Bonchev–Trinajstić information content (AvgIpc) is 2.85. The van der Waals surface area contributed by atoms with E-state index in [0.717, 1.165) is 22.5 Å². The predicted octanol–water partition coefficient (Wildman–Crippen LogP) is 1.49. The number of methoxy groups -OCH3 is 1. The van der Waals surface area contributed by atoms with Crippen LogP contribution in [0.3, 0.4) is 0 Å². The van der Waals surface area contributed by atoms with E-state index in [4.69, 9.17) is 17.4 Å². The summed E-state index contributed by atoms with van der Waals surface area (Å²) in [7, 11) is 1.17. The molecule has 1 aromatic carbocycles. The molecule has 1 aromatic heterocycles. The summed E-state index contributed by atoms with van der Waals surface area (Å²) in [4.78, 5) is 22.1. The second-order valence-corrected chi connectivity index (χ2v) is 5.06. The molecule has 0 bridgehead atoms. The van der Waals surface area contributed by atoms with Gasteiger partial charge in [0.15, 0.2) is 0 Å². The van der Waals surface area contributed by atoms with E-state index in [1.54, 1.807) is 0 Å². The van der Waals surface area contributed by atoms with Gasteiger partial charge in [-0.15, -0.1) is 10.2 Å². The molecule has 2 N–H and O–H groups in total. The molecule has 2 aromatic rings. The summed E-state index contributed by atoms with van der Waals surface area (Å²) in [5, 5.41) is 18.6. The number of hydrogen-bond donors (Lipinski definition) is 1. The van der Waals surface area contributed by atoms with Crippen molar-refractivity contribution in [1.29, 1.82) is 0 Å². The molecule has 9 nitrogen and oxygen atoms in total. The minimum Gasteiger partial charge on any atom is -0.465 e. The van der Waals surface area contributed by atoms with E-state index in [-0.39, 0.29) is 26.3 Å². The van der Waals surface area contributed by atoms with Gasteiger partial charge >= 0.3 is 5.97 Å². The predicted molar refractivity (Wildman–Crippen MR) is 73.7 cm³/mol. The van der Waals surface area contributed by atoms with Crippen LogP contribution in [0.1, 0.15) is 10.4 Å². The summed E-state index contributed by atoms with van der Waals surface area (Å²) < 4.78 is 5.61. The van der Waals surface area contributed by atoms with Crippen LogP contribution in [0, 0.1) is 10.1 Å². The molecule has 0 aliphatic heterocycles. The molecule has 2 rings (SSSR count). The first kappa shape index (κ1) is 15.1. The van der Waals surface area contributed by atoms with Gasteiger partial charge in [0, 0.05) is 6.07 Å². The lowest BCUT2D eigenvalue weighted by atomic mass is 10.2. The lowest BCUT2D eigenvalue weighted by Gasteiger charge is -2.07. The smallest absolute Gasteiger partial charge is 0.338 e. The second-order valence-electron chi connectivity index (χ2n) is 3.68. The summed E-state index contributed by atoms with van der Waals surface area (Å²) in [6.45, 7) is 0. The Bertz CT molecular complexity index is 719. The molecule has 0 unspecified atom stereocenters. The number of hydrogen-bond acceptors (Lipinski definition) is 8. The highest BCUT2D eigenvalue weighted by atomic mass is 35.5. The van der Waals surface area contributed by atoms with E-state index in [2.05, 4.69) is 14.9 Å². The van der Waals surface area contributed by atoms with Gasteiger partial charge in [-0.25, -0.2) is 9.47 Å². The van der Waals surface area contributed by atoms with E-state index < -0.39 is 10.9 Å². The maximum atomic E-state index is 11.5. The molecule has 0 aliphatic carbocycles.